The number of hydrogen-bond donors (Lipinski definition) is 1. The van der Waals surface area contributed by atoms with E-state index in [1.54, 1.807) is 0 Å². The summed E-state index contributed by atoms with van der Waals surface area (Å²) in [7, 11) is 1.40. The minimum atomic E-state index is -0.567. The van der Waals surface area contributed by atoms with E-state index < -0.39 is 5.82 Å². The van der Waals surface area contributed by atoms with E-state index in [0.29, 0.717) is 5.95 Å². The van der Waals surface area contributed by atoms with Crippen molar-refractivity contribution in [1.82, 2.24) is 9.97 Å². The summed E-state index contributed by atoms with van der Waals surface area (Å²) >= 11 is 0. The lowest BCUT2D eigenvalue weighted by Crippen LogP contribution is -2.40. The molecule has 1 fully saturated rings. The van der Waals surface area contributed by atoms with Crippen LogP contribution in [0.1, 0.15) is 43.7 Å². The maximum Gasteiger partial charge on any atom is 0.255 e. The molecule has 1 spiro atoms. The topological polar surface area (TPSA) is 56.3 Å². The first-order valence-electron chi connectivity index (χ1n) is 8.30. The molecule has 5 nitrogen and oxygen atoms in total. The number of fused-ring (bicyclic) bond motifs is 1. The van der Waals surface area contributed by atoms with Gasteiger partial charge in [-0.15, -0.1) is 0 Å². The molecule has 1 N–H and O–H groups in total. The average molecular weight is 329 g/mol. The third-order valence-corrected chi connectivity index (χ3v) is 4.92. The lowest BCUT2D eigenvalue weighted by molar-refractivity contribution is 0.0452. The van der Waals surface area contributed by atoms with Gasteiger partial charge in [-0.2, -0.15) is 9.37 Å². The summed E-state index contributed by atoms with van der Waals surface area (Å²) in [5.74, 6) is 0.659. The van der Waals surface area contributed by atoms with Gasteiger partial charge < -0.3 is 14.8 Å². The average Bonchev–Trinajstić information content (AvgIpc) is 3.04. The van der Waals surface area contributed by atoms with Gasteiger partial charge >= 0.3 is 0 Å². The van der Waals surface area contributed by atoms with Crippen LogP contribution in [0.15, 0.2) is 30.5 Å². The molecule has 1 unspecified atom stereocenters. The number of nitrogens with one attached hydrogen (secondary N) is 1. The predicted molar refractivity (Wildman–Crippen MR) is 87.8 cm³/mol. The molecular formula is C18H20FN3O2. The van der Waals surface area contributed by atoms with Crippen LogP contribution < -0.4 is 14.8 Å². The molecule has 1 saturated carbocycles. The number of halogens is 1. The molecule has 0 radical (unpaired) electrons. The predicted octanol–water partition coefficient (Wildman–Crippen LogP) is 3.87. The monoisotopic (exact) mass is 329 g/mol. The lowest BCUT2D eigenvalue weighted by atomic mass is 9.86. The van der Waals surface area contributed by atoms with E-state index in [1.165, 1.54) is 20.0 Å². The Morgan fingerprint density at radius 3 is 2.88 bits per heavy atom. The molecular weight excluding hydrogens is 309 g/mol. The van der Waals surface area contributed by atoms with Gasteiger partial charge in [-0.3, -0.25) is 0 Å². The first-order valence-corrected chi connectivity index (χ1v) is 8.30. The number of rotatable bonds is 3. The highest BCUT2D eigenvalue weighted by atomic mass is 19.1. The van der Waals surface area contributed by atoms with Crippen molar-refractivity contribution >= 4 is 5.95 Å². The van der Waals surface area contributed by atoms with Crippen LogP contribution in [0.3, 0.4) is 0 Å². The fourth-order valence-corrected chi connectivity index (χ4v) is 3.79. The summed E-state index contributed by atoms with van der Waals surface area (Å²) in [6, 6.07) is 8.07. The van der Waals surface area contributed by atoms with Crippen molar-refractivity contribution in [3.05, 3.63) is 41.8 Å². The Morgan fingerprint density at radius 1 is 1.29 bits per heavy atom. The molecule has 1 aromatic carbocycles. The molecule has 2 heterocycles. The second-order valence-electron chi connectivity index (χ2n) is 6.48. The number of benzene rings is 1. The first kappa shape index (κ1) is 15.2. The zero-order valence-corrected chi connectivity index (χ0v) is 13.6. The summed E-state index contributed by atoms with van der Waals surface area (Å²) in [6.07, 6.45) is 6.49. The zero-order chi connectivity index (χ0) is 16.6. The molecule has 6 heteroatoms. The maximum absolute atomic E-state index is 13.5. The Hall–Kier alpha value is -2.37. The molecule has 1 aliphatic heterocycles. The van der Waals surface area contributed by atoms with Crippen LogP contribution in [0, 0.1) is 5.82 Å². The number of anilines is 1. The fourth-order valence-electron chi connectivity index (χ4n) is 3.79. The standard InChI is InChI=1S/C18H20FN3O2/c1-23-16-13(19)11-20-17(22-16)21-14-10-18(8-4-5-9-18)24-15-7-3-2-6-12(14)15/h2-3,6-7,11,14H,4-5,8-10H2,1H3,(H,20,21,22). The molecule has 2 aromatic rings. The molecule has 0 saturated heterocycles. The van der Waals surface area contributed by atoms with Crippen LogP contribution in [-0.2, 0) is 0 Å². The third kappa shape index (κ3) is 2.66. The Bertz CT molecular complexity index is 747. The van der Waals surface area contributed by atoms with Gasteiger partial charge in [0.05, 0.1) is 19.3 Å². The Labute approximate surface area is 140 Å². The molecule has 0 amide bonds. The van der Waals surface area contributed by atoms with Crippen molar-refractivity contribution < 1.29 is 13.9 Å². The number of methoxy groups -OCH3 is 1. The molecule has 1 atom stereocenters. The van der Waals surface area contributed by atoms with Gasteiger partial charge in [-0.25, -0.2) is 4.98 Å². The largest absolute Gasteiger partial charge is 0.487 e. The highest BCUT2D eigenvalue weighted by Gasteiger charge is 2.43. The van der Waals surface area contributed by atoms with Crippen LogP contribution in [0.4, 0.5) is 10.3 Å². The van der Waals surface area contributed by atoms with Crippen molar-refractivity contribution in [2.75, 3.05) is 12.4 Å². The molecule has 1 aliphatic carbocycles. The maximum atomic E-state index is 13.5. The van der Waals surface area contributed by atoms with Crippen molar-refractivity contribution in [3.8, 4) is 11.6 Å². The number of aromatic nitrogens is 2. The van der Waals surface area contributed by atoms with Gasteiger partial charge in [-0.1, -0.05) is 18.2 Å². The van der Waals surface area contributed by atoms with E-state index in [9.17, 15) is 4.39 Å². The van der Waals surface area contributed by atoms with E-state index >= 15 is 0 Å². The molecule has 4 rings (SSSR count). The molecule has 2 aliphatic rings. The first-order chi connectivity index (χ1) is 11.7. The van der Waals surface area contributed by atoms with Crippen LogP contribution in [-0.4, -0.2) is 22.7 Å². The van der Waals surface area contributed by atoms with Crippen molar-refractivity contribution in [2.24, 2.45) is 0 Å². The van der Waals surface area contributed by atoms with Crippen molar-refractivity contribution in [3.63, 3.8) is 0 Å². The summed E-state index contributed by atoms with van der Waals surface area (Å²) in [5, 5.41) is 3.34. The fraction of sp³-hybridized carbons (Fsp3) is 0.444. The van der Waals surface area contributed by atoms with Crippen molar-refractivity contribution in [2.45, 2.75) is 43.7 Å². The molecule has 126 valence electrons. The smallest absolute Gasteiger partial charge is 0.255 e. The van der Waals surface area contributed by atoms with Gasteiger partial charge in [-0.05, 0) is 31.7 Å². The number of nitrogens with zero attached hydrogens (tertiary/aromatic N) is 2. The van der Waals surface area contributed by atoms with Gasteiger partial charge in [0.1, 0.15) is 11.4 Å². The Kier molecular flexibility index (Phi) is 3.75. The van der Waals surface area contributed by atoms with E-state index in [0.717, 1.165) is 36.8 Å². The van der Waals surface area contributed by atoms with Crippen molar-refractivity contribution in [1.29, 1.82) is 0 Å². The molecule has 1 aromatic heterocycles. The summed E-state index contributed by atoms with van der Waals surface area (Å²) in [4.78, 5) is 8.16. The zero-order valence-electron chi connectivity index (χ0n) is 13.6. The van der Waals surface area contributed by atoms with Crippen LogP contribution in [0.2, 0.25) is 0 Å². The highest BCUT2D eigenvalue weighted by molar-refractivity contribution is 5.44. The van der Waals surface area contributed by atoms with Crippen LogP contribution in [0.5, 0.6) is 11.6 Å². The Balaban J connectivity index is 1.66. The van der Waals surface area contributed by atoms with E-state index in [4.69, 9.17) is 9.47 Å². The van der Waals surface area contributed by atoms with Gasteiger partial charge in [0.15, 0.2) is 0 Å². The Morgan fingerprint density at radius 2 is 2.08 bits per heavy atom. The summed E-state index contributed by atoms with van der Waals surface area (Å²) < 4.78 is 24.8. The highest BCUT2D eigenvalue weighted by Crippen LogP contribution is 2.47. The van der Waals surface area contributed by atoms with Crippen LogP contribution >= 0.6 is 0 Å². The number of para-hydroxylation sites is 1. The minimum Gasteiger partial charge on any atom is -0.487 e. The van der Waals surface area contributed by atoms with E-state index in [2.05, 4.69) is 21.4 Å². The number of ether oxygens (including phenoxy) is 2. The third-order valence-electron chi connectivity index (χ3n) is 4.92. The quantitative estimate of drug-likeness (QED) is 0.926. The van der Waals surface area contributed by atoms with E-state index in [-0.39, 0.29) is 17.5 Å². The second-order valence-corrected chi connectivity index (χ2v) is 6.48. The second kappa shape index (κ2) is 5.92. The number of hydrogen-bond acceptors (Lipinski definition) is 5. The minimum absolute atomic E-state index is 0.0308. The van der Waals surface area contributed by atoms with Gasteiger partial charge in [0.2, 0.25) is 11.8 Å². The summed E-state index contributed by atoms with van der Waals surface area (Å²) in [5.41, 5.74) is 0.970. The molecule has 0 bridgehead atoms. The van der Waals surface area contributed by atoms with Gasteiger partial charge in [0, 0.05) is 12.0 Å². The summed E-state index contributed by atoms with van der Waals surface area (Å²) in [6.45, 7) is 0. The normalized spacial score (nSPS) is 21.2. The van der Waals surface area contributed by atoms with E-state index in [1.807, 2.05) is 18.2 Å². The van der Waals surface area contributed by atoms with Gasteiger partial charge in [0.25, 0.3) is 5.88 Å². The molecule has 24 heavy (non-hydrogen) atoms. The SMILES string of the molecule is COc1nc(NC2CC3(CCCC3)Oc3ccccc32)ncc1F. The van der Waals surface area contributed by atoms with Crippen LogP contribution in [0.25, 0.3) is 0 Å². The lowest BCUT2D eigenvalue weighted by Gasteiger charge is -2.40.